The molecule has 70 valence electrons. The molecule has 0 bridgehead atoms. The van der Waals surface area contributed by atoms with Crippen LogP contribution in [0.5, 0.6) is 0 Å². The molecule has 1 aliphatic rings. The number of alkyl halides is 1. The van der Waals surface area contributed by atoms with Crippen LogP contribution >= 0.6 is 27.5 Å². The van der Waals surface area contributed by atoms with E-state index in [1.807, 2.05) is 0 Å². The Hall–Kier alpha value is 0.440. The van der Waals surface area contributed by atoms with Gasteiger partial charge in [-0.15, -0.1) is 0 Å². The molecule has 0 aromatic rings. The molecule has 0 amide bonds. The lowest BCUT2D eigenvalue weighted by atomic mass is 9.86. The molecular formula is C9H14BrClO. The lowest BCUT2D eigenvalue weighted by Crippen LogP contribution is -2.19. The van der Waals surface area contributed by atoms with E-state index in [1.54, 1.807) is 0 Å². The van der Waals surface area contributed by atoms with Crippen LogP contribution < -0.4 is 0 Å². The molecule has 3 heteroatoms. The summed E-state index contributed by atoms with van der Waals surface area (Å²) in [5.41, 5.74) is 0. The molecular weight excluding hydrogens is 239 g/mol. The van der Waals surface area contributed by atoms with Crippen LogP contribution in [0.15, 0.2) is 0 Å². The molecule has 0 aromatic heterocycles. The van der Waals surface area contributed by atoms with Crippen molar-refractivity contribution in [3.8, 4) is 0 Å². The van der Waals surface area contributed by atoms with Crippen molar-refractivity contribution in [1.29, 1.82) is 0 Å². The first-order valence-electron chi connectivity index (χ1n) is 4.52. The van der Waals surface area contributed by atoms with Crippen molar-refractivity contribution in [1.82, 2.24) is 0 Å². The summed E-state index contributed by atoms with van der Waals surface area (Å²) in [4.78, 5) is 11.2. The lowest BCUT2D eigenvalue weighted by molar-refractivity contribution is -0.112. The summed E-state index contributed by atoms with van der Waals surface area (Å²) in [5, 5.41) is -0.194. The highest BCUT2D eigenvalue weighted by atomic mass is 79.9. The Labute approximate surface area is 87.0 Å². The minimum Gasteiger partial charge on any atom is -0.281 e. The van der Waals surface area contributed by atoms with Crippen LogP contribution in [0.2, 0.25) is 0 Å². The van der Waals surface area contributed by atoms with E-state index in [1.165, 1.54) is 25.7 Å². The number of hydrogen-bond acceptors (Lipinski definition) is 1. The third-order valence-corrected chi connectivity index (χ3v) is 3.92. The second-order valence-electron chi connectivity index (χ2n) is 3.45. The van der Waals surface area contributed by atoms with Gasteiger partial charge in [-0.3, -0.25) is 4.79 Å². The van der Waals surface area contributed by atoms with Gasteiger partial charge in [-0.2, -0.15) is 0 Å². The molecule has 2 unspecified atom stereocenters. The first-order chi connectivity index (χ1) is 5.70. The number of halogens is 2. The summed E-state index contributed by atoms with van der Waals surface area (Å²) >= 11 is 8.94. The Balaban J connectivity index is 2.24. The highest BCUT2D eigenvalue weighted by Crippen LogP contribution is 2.32. The van der Waals surface area contributed by atoms with E-state index in [0.29, 0.717) is 17.2 Å². The Kier molecular flexibility index (Phi) is 4.59. The molecule has 0 heterocycles. The summed E-state index contributed by atoms with van der Waals surface area (Å²) in [7, 11) is 0. The molecule has 0 N–H and O–H groups in total. The maximum Gasteiger partial charge on any atom is 0.221 e. The van der Waals surface area contributed by atoms with Gasteiger partial charge in [0, 0.05) is 11.2 Å². The van der Waals surface area contributed by atoms with Crippen LogP contribution in [0.4, 0.5) is 0 Å². The van der Waals surface area contributed by atoms with Gasteiger partial charge in [0.1, 0.15) is 0 Å². The molecule has 2 atom stereocenters. The zero-order chi connectivity index (χ0) is 8.97. The van der Waals surface area contributed by atoms with Crippen LogP contribution in [-0.2, 0) is 4.79 Å². The summed E-state index contributed by atoms with van der Waals surface area (Å²) in [6.07, 6.45) is 6.62. The third kappa shape index (κ3) is 3.44. The molecule has 12 heavy (non-hydrogen) atoms. The number of hydrogen-bond donors (Lipinski definition) is 0. The maximum atomic E-state index is 10.5. The maximum absolute atomic E-state index is 10.5. The van der Waals surface area contributed by atoms with Crippen molar-refractivity contribution in [2.45, 2.75) is 43.4 Å². The molecule has 0 radical (unpaired) electrons. The fourth-order valence-corrected chi connectivity index (χ4v) is 2.75. The lowest BCUT2D eigenvalue weighted by Gasteiger charge is -2.26. The Morgan fingerprint density at radius 2 is 2.08 bits per heavy atom. The molecule has 1 saturated carbocycles. The minimum atomic E-state index is -0.194. The number of rotatable bonds is 3. The SMILES string of the molecule is O=C(Cl)CCC1CCCCC1Br. The molecule has 1 fully saturated rings. The first-order valence-corrected chi connectivity index (χ1v) is 5.82. The average molecular weight is 254 g/mol. The molecule has 0 spiro atoms. The van der Waals surface area contributed by atoms with Gasteiger partial charge in [-0.05, 0) is 36.8 Å². The van der Waals surface area contributed by atoms with Gasteiger partial charge >= 0.3 is 0 Å². The van der Waals surface area contributed by atoms with Gasteiger partial charge in [-0.25, -0.2) is 0 Å². The van der Waals surface area contributed by atoms with Crippen LogP contribution in [0.1, 0.15) is 38.5 Å². The summed E-state index contributed by atoms with van der Waals surface area (Å²) < 4.78 is 0. The monoisotopic (exact) mass is 252 g/mol. The van der Waals surface area contributed by atoms with Gasteiger partial charge in [0.15, 0.2) is 0 Å². The van der Waals surface area contributed by atoms with E-state index in [2.05, 4.69) is 15.9 Å². The van der Waals surface area contributed by atoms with Gasteiger partial charge < -0.3 is 0 Å². The van der Waals surface area contributed by atoms with E-state index in [-0.39, 0.29) is 5.24 Å². The van der Waals surface area contributed by atoms with Gasteiger partial charge in [-0.1, -0.05) is 28.8 Å². The second-order valence-corrected chi connectivity index (χ2v) is 5.05. The first kappa shape index (κ1) is 10.5. The van der Waals surface area contributed by atoms with Crippen LogP contribution in [-0.4, -0.2) is 10.1 Å². The third-order valence-electron chi connectivity index (χ3n) is 2.53. The van der Waals surface area contributed by atoms with Gasteiger partial charge in [0.2, 0.25) is 5.24 Å². The second kappa shape index (κ2) is 5.23. The highest BCUT2D eigenvalue weighted by molar-refractivity contribution is 9.09. The fourth-order valence-electron chi connectivity index (χ4n) is 1.79. The molecule has 1 nitrogen and oxygen atoms in total. The molecule has 1 rings (SSSR count). The smallest absolute Gasteiger partial charge is 0.221 e. The van der Waals surface area contributed by atoms with Crippen LogP contribution in [0.25, 0.3) is 0 Å². The quantitative estimate of drug-likeness (QED) is 0.556. The van der Waals surface area contributed by atoms with Crippen LogP contribution in [0.3, 0.4) is 0 Å². The summed E-state index contributed by atoms with van der Waals surface area (Å²) in [6, 6.07) is 0. The van der Waals surface area contributed by atoms with Crippen molar-refractivity contribution in [3.63, 3.8) is 0 Å². The zero-order valence-electron chi connectivity index (χ0n) is 7.06. The van der Waals surface area contributed by atoms with Crippen molar-refractivity contribution in [3.05, 3.63) is 0 Å². The molecule has 0 aliphatic heterocycles. The van der Waals surface area contributed by atoms with E-state index >= 15 is 0 Å². The van der Waals surface area contributed by atoms with E-state index in [0.717, 1.165) is 6.42 Å². The normalized spacial score (nSPS) is 30.2. The molecule has 0 saturated heterocycles. The van der Waals surface area contributed by atoms with Crippen molar-refractivity contribution >= 4 is 32.8 Å². The predicted molar refractivity (Wildman–Crippen MR) is 54.8 cm³/mol. The highest BCUT2D eigenvalue weighted by Gasteiger charge is 2.22. The minimum absolute atomic E-state index is 0.194. The number of carbonyl (C=O) groups excluding carboxylic acids is 1. The largest absolute Gasteiger partial charge is 0.281 e. The Morgan fingerprint density at radius 1 is 1.42 bits per heavy atom. The van der Waals surface area contributed by atoms with Crippen molar-refractivity contribution in [2.75, 3.05) is 0 Å². The van der Waals surface area contributed by atoms with Crippen molar-refractivity contribution in [2.24, 2.45) is 5.92 Å². The Bertz CT molecular complexity index is 161. The summed E-state index contributed by atoms with van der Waals surface area (Å²) in [6.45, 7) is 0. The fraction of sp³-hybridized carbons (Fsp3) is 0.889. The van der Waals surface area contributed by atoms with E-state index in [4.69, 9.17) is 11.6 Å². The topological polar surface area (TPSA) is 17.1 Å². The average Bonchev–Trinajstić information content (AvgIpc) is 2.03. The van der Waals surface area contributed by atoms with E-state index < -0.39 is 0 Å². The Morgan fingerprint density at radius 3 is 2.67 bits per heavy atom. The van der Waals surface area contributed by atoms with E-state index in [9.17, 15) is 4.79 Å². The predicted octanol–water partition coefficient (Wildman–Crippen LogP) is 3.49. The molecule has 1 aliphatic carbocycles. The van der Waals surface area contributed by atoms with Gasteiger partial charge in [0.05, 0.1) is 0 Å². The van der Waals surface area contributed by atoms with Crippen LogP contribution in [0, 0.1) is 5.92 Å². The number of carbonyl (C=O) groups is 1. The molecule has 0 aromatic carbocycles. The zero-order valence-corrected chi connectivity index (χ0v) is 9.40. The van der Waals surface area contributed by atoms with Crippen molar-refractivity contribution < 1.29 is 4.79 Å². The van der Waals surface area contributed by atoms with Gasteiger partial charge in [0.25, 0.3) is 0 Å². The summed E-state index contributed by atoms with van der Waals surface area (Å²) in [5.74, 6) is 0.668. The standard InChI is InChI=1S/C9H14BrClO/c10-8-4-2-1-3-7(8)5-6-9(11)12/h7-8H,1-6H2.